The molecule has 0 saturated heterocycles. The lowest BCUT2D eigenvalue weighted by atomic mass is 10.1. The second-order valence-corrected chi connectivity index (χ2v) is 8.89. The predicted octanol–water partition coefficient (Wildman–Crippen LogP) is 5.22. The molecule has 6 nitrogen and oxygen atoms in total. The molecule has 0 saturated carbocycles. The summed E-state index contributed by atoms with van der Waals surface area (Å²) in [7, 11) is 0. The summed E-state index contributed by atoms with van der Waals surface area (Å²) < 4.78 is 6.92. The van der Waals surface area contributed by atoms with Gasteiger partial charge in [-0.1, -0.05) is 35.5 Å². The second kappa shape index (κ2) is 9.22. The van der Waals surface area contributed by atoms with E-state index in [9.17, 15) is 9.59 Å². The van der Waals surface area contributed by atoms with Crippen LogP contribution in [0.15, 0.2) is 69.2 Å². The summed E-state index contributed by atoms with van der Waals surface area (Å²) in [5.74, 6) is 0.579. The van der Waals surface area contributed by atoms with Gasteiger partial charge in [0.15, 0.2) is 5.16 Å². The highest BCUT2D eigenvalue weighted by Crippen LogP contribution is 2.25. The fourth-order valence-electron chi connectivity index (χ4n) is 3.45. The summed E-state index contributed by atoms with van der Waals surface area (Å²) in [6.45, 7) is 5.81. The molecular weight excluding hydrogens is 446 g/mol. The summed E-state index contributed by atoms with van der Waals surface area (Å²) in [4.78, 5) is 30.7. The van der Waals surface area contributed by atoms with Crippen molar-refractivity contribution in [1.29, 1.82) is 0 Å². The first-order valence-corrected chi connectivity index (χ1v) is 11.5. The van der Waals surface area contributed by atoms with Crippen molar-refractivity contribution in [2.24, 2.45) is 0 Å². The Balaban J connectivity index is 1.71. The Kier molecular flexibility index (Phi) is 6.39. The lowest BCUT2D eigenvalue weighted by Crippen LogP contribution is -2.29. The van der Waals surface area contributed by atoms with Crippen molar-refractivity contribution in [2.75, 3.05) is 5.75 Å². The second-order valence-electron chi connectivity index (χ2n) is 7.51. The first-order chi connectivity index (χ1) is 15.3. The smallest absolute Gasteiger partial charge is 0.266 e. The van der Waals surface area contributed by atoms with Crippen LogP contribution in [0.1, 0.15) is 29.9 Å². The molecule has 0 bridgehead atoms. The van der Waals surface area contributed by atoms with E-state index in [2.05, 4.69) is 10.3 Å². The number of nitrogens with zero attached hydrogens (tertiary/aromatic N) is 2. The molecule has 0 aliphatic rings. The van der Waals surface area contributed by atoms with E-state index in [1.807, 2.05) is 45.0 Å². The van der Waals surface area contributed by atoms with Crippen LogP contribution in [-0.2, 0) is 4.79 Å². The Morgan fingerprint density at radius 2 is 2.03 bits per heavy atom. The molecule has 8 heteroatoms. The van der Waals surface area contributed by atoms with Crippen molar-refractivity contribution in [2.45, 2.75) is 32.0 Å². The van der Waals surface area contributed by atoms with Crippen molar-refractivity contribution in [3.8, 4) is 5.69 Å². The first kappa shape index (κ1) is 22.2. The van der Waals surface area contributed by atoms with Crippen LogP contribution in [-0.4, -0.2) is 21.2 Å². The monoisotopic (exact) mass is 467 g/mol. The fraction of sp³-hybridized carbons (Fsp3) is 0.208. The zero-order valence-electron chi connectivity index (χ0n) is 17.9. The van der Waals surface area contributed by atoms with Crippen LogP contribution >= 0.6 is 23.4 Å². The number of hydrogen-bond donors (Lipinski definition) is 1. The van der Waals surface area contributed by atoms with Gasteiger partial charge in [0.1, 0.15) is 5.76 Å². The van der Waals surface area contributed by atoms with Gasteiger partial charge < -0.3 is 9.73 Å². The predicted molar refractivity (Wildman–Crippen MR) is 128 cm³/mol. The number of aromatic nitrogens is 2. The molecule has 2 aromatic carbocycles. The van der Waals surface area contributed by atoms with E-state index in [1.165, 1.54) is 11.8 Å². The minimum atomic E-state index is -0.261. The highest BCUT2D eigenvalue weighted by molar-refractivity contribution is 7.99. The van der Waals surface area contributed by atoms with Crippen molar-refractivity contribution < 1.29 is 9.21 Å². The number of hydrogen-bond acceptors (Lipinski definition) is 5. The van der Waals surface area contributed by atoms with Gasteiger partial charge in [0.2, 0.25) is 5.91 Å². The molecule has 0 radical (unpaired) electrons. The molecule has 1 amide bonds. The molecule has 0 fully saturated rings. The number of nitrogens with one attached hydrogen (secondary N) is 1. The van der Waals surface area contributed by atoms with Gasteiger partial charge >= 0.3 is 0 Å². The molecule has 2 aromatic heterocycles. The van der Waals surface area contributed by atoms with E-state index in [1.54, 1.807) is 35.1 Å². The molecule has 164 valence electrons. The van der Waals surface area contributed by atoms with Gasteiger partial charge in [-0.25, -0.2) is 4.98 Å². The van der Waals surface area contributed by atoms with Crippen LogP contribution < -0.4 is 10.9 Å². The van der Waals surface area contributed by atoms with Gasteiger partial charge in [-0.2, -0.15) is 0 Å². The zero-order valence-corrected chi connectivity index (χ0v) is 19.5. The Morgan fingerprint density at radius 3 is 2.78 bits per heavy atom. The van der Waals surface area contributed by atoms with E-state index in [0.717, 1.165) is 16.8 Å². The minimum Gasteiger partial charge on any atom is -0.467 e. The average Bonchev–Trinajstić information content (AvgIpc) is 3.30. The molecule has 4 rings (SSSR count). The van der Waals surface area contributed by atoms with Crippen molar-refractivity contribution in [3.63, 3.8) is 0 Å². The van der Waals surface area contributed by atoms with E-state index >= 15 is 0 Å². The van der Waals surface area contributed by atoms with Crippen LogP contribution in [0, 0.1) is 13.8 Å². The maximum atomic E-state index is 13.5. The van der Waals surface area contributed by atoms with Crippen LogP contribution in [0.4, 0.5) is 0 Å². The third kappa shape index (κ3) is 4.45. The van der Waals surface area contributed by atoms with Crippen molar-refractivity contribution in [3.05, 3.63) is 87.1 Å². The van der Waals surface area contributed by atoms with Gasteiger partial charge in [-0.3, -0.25) is 14.2 Å². The third-order valence-corrected chi connectivity index (χ3v) is 6.47. The van der Waals surface area contributed by atoms with Gasteiger partial charge in [-0.05, 0) is 68.3 Å². The van der Waals surface area contributed by atoms with Gasteiger partial charge in [-0.15, -0.1) is 0 Å². The zero-order chi connectivity index (χ0) is 22.8. The number of amides is 1. The van der Waals surface area contributed by atoms with Gasteiger partial charge in [0.25, 0.3) is 5.56 Å². The number of furan rings is 1. The highest BCUT2D eigenvalue weighted by atomic mass is 35.5. The maximum absolute atomic E-state index is 13.5. The number of rotatable bonds is 6. The summed E-state index contributed by atoms with van der Waals surface area (Å²) in [5, 5.41) is 4.30. The molecule has 1 unspecified atom stereocenters. The standard InChI is InChI=1S/C24H22ClN3O3S/c1-14-6-4-7-20(15(14)2)28-23(30)18-10-9-17(25)12-19(18)27-24(28)32-13-22(29)26-16(3)21-8-5-11-31-21/h4-12,16H,13H2,1-3H3,(H,26,29). The van der Waals surface area contributed by atoms with Crippen molar-refractivity contribution >= 4 is 40.2 Å². The maximum Gasteiger partial charge on any atom is 0.266 e. The van der Waals surface area contributed by atoms with Crippen LogP contribution in [0.25, 0.3) is 16.6 Å². The number of thioether (sulfide) groups is 1. The molecule has 4 aromatic rings. The summed E-state index contributed by atoms with van der Waals surface area (Å²) >= 11 is 7.34. The summed E-state index contributed by atoms with van der Waals surface area (Å²) in [6, 6.07) is 14.1. The summed E-state index contributed by atoms with van der Waals surface area (Å²) in [5.41, 5.74) is 3.07. The largest absolute Gasteiger partial charge is 0.467 e. The Hall–Kier alpha value is -3.03. The van der Waals surface area contributed by atoms with Crippen LogP contribution in [0.2, 0.25) is 5.02 Å². The molecule has 32 heavy (non-hydrogen) atoms. The fourth-order valence-corrected chi connectivity index (χ4v) is 4.43. The summed E-state index contributed by atoms with van der Waals surface area (Å²) in [6.07, 6.45) is 1.57. The number of fused-ring (bicyclic) bond motifs is 1. The molecule has 1 atom stereocenters. The third-order valence-electron chi connectivity index (χ3n) is 5.30. The highest BCUT2D eigenvalue weighted by Gasteiger charge is 2.18. The lowest BCUT2D eigenvalue weighted by Gasteiger charge is -2.17. The molecule has 0 aliphatic heterocycles. The van der Waals surface area contributed by atoms with E-state index in [4.69, 9.17) is 16.0 Å². The number of halogens is 1. The molecule has 2 heterocycles. The quantitative estimate of drug-likeness (QED) is 0.311. The minimum absolute atomic E-state index is 0.0917. The van der Waals surface area contributed by atoms with Gasteiger partial charge in [0, 0.05) is 5.02 Å². The van der Waals surface area contributed by atoms with Gasteiger partial charge in [0.05, 0.1) is 34.6 Å². The van der Waals surface area contributed by atoms with Crippen LogP contribution in [0.5, 0.6) is 0 Å². The Morgan fingerprint density at radius 1 is 1.22 bits per heavy atom. The number of carbonyl (C=O) groups excluding carboxylic acids is 1. The average molecular weight is 468 g/mol. The lowest BCUT2D eigenvalue weighted by molar-refractivity contribution is -0.119. The SMILES string of the molecule is Cc1cccc(-n2c(SCC(=O)NC(C)c3ccco3)nc3cc(Cl)ccc3c2=O)c1C. The van der Waals surface area contributed by atoms with E-state index < -0.39 is 0 Å². The van der Waals surface area contributed by atoms with Crippen LogP contribution in [0.3, 0.4) is 0 Å². The molecule has 0 aliphatic carbocycles. The van der Waals surface area contributed by atoms with E-state index in [-0.39, 0.29) is 23.3 Å². The Bertz CT molecular complexity index is 1350. The normalized spacial score (nSPS) is 12.1. The number of aryl methyl sites for hydroxylation is 1. The first-order valence-electron chi connectivity index (χ1n) is 10.1. The number of carbonyl (C=O) groups is 1. The molecule has 1 N–H and O–H groups in total. The number of benzene rings is 2. The molecular formula is C24H22ClN3O3S. The molecule has 0 spiro atoms. The topological polar surface area (TPSA) is 77.1 Å². The Labute approximate surface area is 194 Å². The van der Waals surface area contributed by atoms with Crippen molar-refractivity contribution in [1.82, 2.24) is 14.9 Å². The van der Waals surface area contributed by atoms with E-state index in [0.29, 0.717) is 26.8 Å².